The van der Waals surface area contributed by atoms with Crippen molar-refractivity contribution in [2.24, 2.45) is 17.8 Å². The highest BCUT2D eigenvalue weighted by Crippen LogP contribution is 2.53. The van der Waals surface area contributed by atoms with Crippen LogP contribution in [0.3, 0.4) is 0 Å². The molecule has 0 aromatic heterocycles. The first-order valence-corrected chi connectivity index (χ1v) is 14.6. The third-order valence-corrected chi connectivity index (χ3v) is 9.81. The highest BCUT2D eigenvalue weighted by molar-refractivity contribution is 5.82. The minimum atomic E-state index is 0.354. The van der Waals surface area contributed by atoms with Gasteiger partial charge >= 0.3 is 0 Å². The molecule has 0 spiro atoms. The summed E-state index contributed by atoms with van der Waals surface area (Å²) in [6, 6.07) is 9.73. The van der Waals surface area contributed by atoms with E-state index < -0.39 is 0 Å². The summed E-state index contributed by atoms with van der Waals surface area (Å²) < 4.78 is 0. The molecule has 1 aliphatic heterocycles. The third-order valence-electron chi connectivity index (χ3n) is 9.81. The molecule has 6 unspecified atom stereocenters. The van der Waals surface area contributed by atoms with Gasteiger partial charge in [-0.15, -0.1) is 0 Å². The van der Waals surface area contributed by atoms with E-state index in [2.05, 4.69) is 83.5 Å². The summed E-state index contributed by atoms with van der Waals surface area (Å²) in [4.78, 5) is 0. The van der Waals surface area contributed by atoms with Gasteiger partial charge in [0, 0.05) is 11.7 Å². The van der Waals surface area contributed by atoms with Gasteiger partial charge < -0.3 is 5.32 Å². The van der Waals surface area contributed by atoms with Gasteiger partial charge in [-0.25, -0.2) is 0 Å². The van der Waals surface area contributed by atoms with Gasteiger partial charge in [0.2, 0.25) is 0 Å². The van der Waals surface area contributed by atoms with Crippen LogP contribution in [0.2, 0.25) is 0 Å². The fourth-order valence-corrected chi connectivity index (χ4v) is 8.00. The Kier molecular flexibility index (Phi) is 6.10. The summed E-state index contributed by atoms with van der Waals surface area (Å²) in [5.74, 6) is 2.59. The predicted octanol–water partition coefficient (Wildman–Crippen LogP) is 7.71. The maximum atomic E-state index is 4.11. The molecule has 0 radical (unpaired) electrons. The van der Waals surface area contributed by atoms with Crippen LogP contribution < -0.4 is 10.6 Å². The Labute approximate surface area is 217 Å². The van der Waals surface area contributed by atoms with E-state index in [-0.39, 0.29) is 0 Å². The second kappa shape index (κ2) is 9.71. The Balaban J connectivity index is 1.18. The second-order valence-corrected chi connectivity index (χ2v) is 11.8. The normalized spacial score (nSPS) is 35.2. The van der Waals surface area contributed by atoms with Crippen LogP contribution in [0.15, 0.2) is 89.7 Å². The molecule has 1 aromatic carbocycles. The molecule has 6 aliphatic rings. The Bertz CT molecular complexity index is 1190. The van der Waals surface area contributed by atoms with Crippen molar-refractivity contribution in [2.75, 3.05) is 0 Å². The van der Waals surface area contributed by atoms with Crippen molar-refractivity contribution in [3.63, 3.8) is 0 Å². The summed E-state index contributed by atoms with van der Waals surface area (Å²) >= 11 is 0. The van der Waals surface area contributed by atoms with Crippen molar-refractivity contribution < 1.29 is 0 Å². The van der Waals surface area contributed by atoms with E-state index >= 15 is 0 Å². The first-order chi connectivity index (χ1) is 17.8. The first kappa shape index (κ1) is 22.6. The van der Waals surface area contributed by atoms with Crippen LogP contribution >= 0.6 is 0 Å². The summed E-state index contributed by atoms with van der Waals surface area (Å²) in [6.45, 7) is 0. The van der Waals surface area contributed by atoms with Gasteiger partial charge in [0.25, 0.3) is 0 Å². The van der Waals surface area contributed by atoms with E-state index in [1.54, 1.807) is 22.3 Å². The molecular weight excluding hydrogens is 436 g/mol. The second-order valence-electron chi connectivity index (χ2n) is 11.8. The van der Waals surface area contributed by atoms with Gasteiger partial charge in [-0.05, 0) is 116 Å². The quantitative estimate of drug-likeness (QED) is 0.467. The smallest absolute Gasteiger partial charge is 0.0801 e. The van der Waals surface area contributed by atoms with Crippen LogP contribution in [-0.2, 0) is 0 Å². The number of fused-ring (bicyclic) bond motifs is 5. The van der Waals surface area contributed by atoms with Gasteiger partial charge in [0.05, 0.1) is 6.17 Å². The molecule has 2 N–H and O–H groups in total. The Morgan fingerprint density at radius 3 is 2.75 bits per heavy atom. The highest BCUT2D eigenvalue weighted by Gasteiger charge is 2.42. The molecule has 186 valence electrons. The average Bonchev–Trinajstić information content (AvgIpc) is 2.98. The number of rotatable bonds is 3. The lowest BCUT2D eigenvalue weighted by Crippen LogP contribution is -2.57. The van der Waals surface area contributed by atoms with Crippen molar-refractivity contribution in [1.82, 2.24) is 10.6 Å². The standard InChI is InChI=1S/C34H40N2/c1-3-11-23(12-4-1)32-22-33(24-13-5-2-6-14-24)36-34(35-32)25-19-20-30-28-17-8-7-15-26(28)27-16-9-10-18-29(27)31(30)21-25/h1,3-4,7,9-11,13,15-16,18,22-23,25,30-32,34-36H,2,5-6,8,12,14,17,19-21H2. The maximum Gasteiger partial charge on any atom is 0.0801 e. The molecule has 0 amide bonds. The molecule has 36 heavy (non-hydrogen) atoms. The van der Waals surface area contributed by atoms with E-state index in [0.717, 1.165) is 12.3 Å². The molecule has 1 saturated carbocycles. The van der Waals surface area contributed by atoms with E-state index in [4.69, 9.17) is 0 Å². The van der Waals surface area contributed by atoms with Crippen molar-refractivity contribution in [2.45, 2.75) is 82.3 Å². The minimum Gasteiger partial charge on any atom is -0.370 e. The van der Waals surface area contributed by atoms with Crippen LogP contribution in [0, 0.1) is 17.8 Å². The van der Waals surface area contributed by atoms with Crippen LogP contribution in [-0.4, -0.2) is 12.2 Å². The van der Waals surface area contributed by atoms with E-state index in [0.29, 0.717) is 30.0 Å². The zero-order chi connectivity index (χ0) is 23.9. The van der Waals surface area contributed by atoms with Gasteiger partial charge in [-0.2, -0.15) is 0 Å². The van der Waals surface area contributed by atoms with Gasteiger partial charge in [0.1, 0.15) is 0 Å². The molecule has 2 heteroatoms. The molecule has 1 fully saturated rings. The largest absolute Gasteiger partial charge is 0.370 e. The van der Waals surface area contributed by atoms with Gasteiger partial charge in [0.15, 0.2) is 0 Å². The topological polar surface area (TPSA) is 24.1 Å². The molecule has 5 aliphatic carbocycles. The molecule has 0 bridgehead atoms. The fraction of sp³-hybridized carbons (Fsp3) is 0.471. The molecular formula is C34H40N2. The summed E-state index contributed by atoms with van der Waals surface area (Å²) in [5.41, 5.74) is 9.43. The molecule has 7 rings (SSSR count). The van der Waals surface area contributed by atoms with Crippen molar-refractivity contribution >= 4 is 5.57 Å². The highest BCUT2D eigenvalue weighted by atomic mass is 15.2. The molecule has 1 heterocycles. The van der Waals surface area contributed by atoms with E-state index in [1.807, 2.05) is 0 Å². The Morgan fingerprint density at radius 1 is 0.889 bits per heavy atom. The third kappa shape index (κ3) is 4.08. The molecule has 6 atom stereocenters. The number of allylic oxidation sites excluding steroid dienone is 9. The fourth-order valence-electron chi connectivity index (χ4n) is 8.00. The summed E-state index contributed by atoms with van der Waals surface area (Å²) in [7, 11) is 0. The van der Waals surface area contributed by atoms with Gasteiger partial charge in [-0.1, -0.05) is 72.4 Å². The lowest BCUT2D eigenvalue weighted by Gasteiger charge is -2.47. The lowest BCUT2D eigenvalue weighted by atomic mass is 9.61. The summed E-state index contributed by atoms with van der Waals surface area (Å²) in [6.07, 6.45) is 32.1. The molecule has 1 aromatic rings. The number of benzene rings is 1. The minimum absolute atomic E-state index is 0.354. The average molecular weight is 477 g/mol. The van der Waals surface area contributed by atoms with Crippen LogP contribution in [0.1, 0.15) is 81.3 Å². The monoisotopic (exact) mass is 476 g/mol. The van der Waals surface area contributed by atoms with Crippen molar-refractivity contribution in [3.8, 4) is 0 Å². The Morgan fingerprint density at radius 2 is 1.86 bits per heavy atom. The summed E-state index contributed by atoms with van der Waals surface area (Å²) in [5, 5.41) is 8.17. The van der Waals surface area contributed by atoms with E-state index in [1.165, 1.54) is 69.0 Å². The molecule has 2 nitrogen and oxygen atoms in total. The Hall–Kier alpha value is -2.58. The van der Waals surface area contributed by atoms with Crippen LogP contribution in [0.5, 0.6) is 0 Å². The molecule has 0 saturated heterocycles. The maximum absolute atomic E-state index is 4.11. The zero-order valence-electron chi connectivity index (χ0n) is 21.5. The van der Waals surface area contributed by atoms with Crippen molar-refractivity contribution in [3.05, 3.63) is 101 Å². The zero-order valence-corrected chi connectivity index (χ0v) is 21.5. The number of nitrogens with one attached hydrogen (secondary N) is 2. The number of hydrogen-bond acceptors (Lipinski definition) is 2. The van der Waals surface area contributed by atoms with Crippen molar-refractivity contribution in [1.29, 1.82) is 0 Å². The first-order valence-electron chi connectivity index (χ1n) is 14.6. The van der Waals surface area contributed by atoms with Gasteiger partial charge in [-0.3, -0.25) is 5.32 Å². The van der Waals surface area contributed by atoms with E-state index in [9.17, 15) is 0 Å². The SMILES string of the molecule is C1=CCC(C2C=C(C3=CCCCC3)NC(C3CCC4C5=C(C=CCC5)c5ccccc5C4C3)N2)C=C1. The van der Waals surface area contributed by atoms with Crippen LogP contribution in [0.25, 0.3) is 5.57 Å². The predicted molar refractivity (Wildman–Crippen MR) is 150 cm³/mol. The van der Waals surface area contributed by atoms with Crippen LogP contribution in [0.4, 0.5) is 0 Å². The number of hydrogen-bond donors (Lipinski definition) is 2. The lowest BCUT2D eigenvalue weighted by molar-refractivity contribution is 0.175.